The fourth-order valence-corrected chi connectivity index (χ4v) is 2.87. The van der Waals surface area contributed by atoms with E-state index < -0.39 is 5.91 Å². The molecule has 0 bridgehead atoms. The summed E-state index contributed by atoms with van der Waals surface area (Å²) >= 11 is 0. The maximum Gasteiger partial charge on any atom is 0.274 e. The molecule has 1 heterocycles. The fourth-order valence-electron chi connectivity index (χ4n) is 2.87. The van der Waals surface area contributed by atoms with Gasteiger partial charge in [0.05, 0.1) is 12.3 Å². The fraction of sp³-hybridized carbons (Fsp3) is 0.200. The summed E-state index contributed by atoms with van der Waals surface area (Å²) in [6.45, 7) is 4.02. The van der Waals surface area contributed by atoms with Crippen LogP contribution in [0, 0.1) is 5.92 Å². The van der Waals surface area contributed by atoms with Crippen LogP contribution in [0.4, 0.5) is 0 Å². The van der Waals surface area contributed by atoms with Crippen LogP contribution in [0.15, 0.2) is 59.2 Å². The van der Waals surface area contributed by atoms with Gasteiger partial charge < -0.3 is 9.73 Å². The number of hydroxylamine groups is 1. The quantitative estimate of drug-likeness (QED) is 0.482. The highest BCUT2D eigenvalue weighted by Crippen LogP contribution is 2.24. The molecule has 0 aliphatic rings. The van der Waals surface area contributed by atoms with Crippen LogP contribution < -0.4 is 10.8 Å². The SMILES string of the molecule is CC(C)C(NC(=O)c1ccc2occc2c1)c1ccc(C(=O)NO)cc1. The van der Waals surface area contributed by atoms with E-state index in [2.05, 4.69) is 5.32 Å². The molecule has 3 rings (SSSR count). The maximum atomic E-state index is 12.7. The second kappa shape index (κ2) is 7.41. The van der Waals surface area contributed by atoms with Gasteiger partial charge in [-0.05, 0) is 47.9 Å². The van der Waals surface area contributed by atoms with E-state index in [0.717, 1.165) is 16.5 Å². The standard InChI is InChI=1S/C20H20N2O4/c1-12(2)18(13-3-5-14(6-4-13)20(24)22-25)21-19(23)16-7-8-17-15(11-16)9-10-26-17/h3-12,18,25H,1-2H3,(H,21,23)(H,22,24). The van der Waals surface area contributed by atoms with Crippen molar-refractivity contribution in [1.82, 2.24) is 10.8 Å². The number of carbonyl (C=O) groups is 2. The molecule has 0 aliphatic carbocycles. The van der Waals surface area contributed by atoms with E-state index >= 15 is 0 Å². The summed E-state index contributed by atoms with van der Waals surface area (Å²) in [5, 5.41) is 12.6. The van der Waals surface area contributed by atoms with Gasteiger partial charge in [-0.1, -0.05) is 26.0 Å². The Morgan fingerprint density at radius 3 is 2.31 bits per heavy atom. The van der Waals surface area contributed by atoms with E-state index in [1.165, 1.54) is 0 Å². The number of hydrogen-bond donors (Lipinski definition) is 3. The van der Waals surface area contributed by atoms with Crippen molar-refractivity contribution in [3.63, 3.8) is 0 Å². The molecular weight excluding hydrogens is 332 g/mol. The van der Waals surface area contributed by atoms with Crippen molar-refractivity contribution in [2.24, 2.45) is 5.92 Å². The third-order valence-corrected chi connectivity index (χ3v) is 4.30. The first-order chi connectivity index (χ1) is 12.5. The first-order valence-electron chi connectivity index (χ1n) is 8.32. The third kappa shape index (κ3) is 3.60. The molecule has 2 amide bonds. The Morgan fingerprint density at radius 1 is 0.962 bits per heavy atom. The molecule has 2 aromatic carbocycles. The summed E-state index contributed by atoms with van der Waals surface area (Å²) < 4.78 is 5.30. The number of benzene rings is 2. The van der Waals surface area contributed by atoms with E-state index in [0.29, 0.717) is 11.1 Å². The Kier molecular flexibility index (Phi) is 5.04. The van der Waals surface area contributed by atoms with Crippen LogP contribution in [0.3, 0.4) is 0 Å². The molecule has 0 saturated heterocycles. The van der Waals surface area contributed by atoms with Crippen molar-refractivity contribution in [1.29, 1.82) is 0 Å². The van der Waals surface area contributed by atoms with Gasteiger partial charge >= 0.3 is 0 Å². The van der Waals surface area contributed by atoms with Crippen molar-refractivity contribution >= 4 is 22.8 Å². The summed E-state index contributed by atoms with van der Waals surface area (Å²) in [6.07, 6.45) is 1.59. The number of hydrogen-bond acceptors (Lipinski definition) is 4. The monoisotopic (exact) mass is 352 g/mol. The Hall–Kier alpha value is -3.12. The Labute approximate surface area is 150 Å². The van der Waals surface area contributed by atoms with E-state index in [9.17, 15) is 9.59 Å². The summed E-state index contributed by atoms with van der Waals surface area (Å²) in [6, 6.07) is 13.7. The highest BCUT2D eigenvalue weighted by atomic mass is 16.5. The molecule has 0 radical (unpaired) electrons. The molecule has 6 heteroatoms. The average Bonchev–Trinajstić information content (AvgIpc) is 3.13. The van der Waals surface area contributed by atoms with Gasteiger partial charge in [-0.15, -0.1) is 0 Å². The van der Waals surface area contributed by atoms with Gasteiger partial charge in [0.15, 0.2) is 0 Å². The number of fused-ring (bicyclic) bond motifs is 1. The summed E-state index contributed by atoms with van der Waals surface area (Å²) in [5.74, 6) is -0.604. The van der Waals surface area contributed by atoms with Crippen molar-refractivity contribution in [2.75, 3.05) is 0 Å². The van der Waals surface area contributed by atoms with Crippen molar-refractivity contribution in [3.8, 4) is 0 Å². The minimum Gasteiger partial charge on any atom is -0.464 e. The van der Waals surface area contributed by atoms with Gasteiger partial charge in [-0.25, -0.2) is 5.48 Å². The molecule has 1 atom stereocenters. The molecule has 0 saturated carbocycles. The predicted octanol–water partition coefficient (Wildman–Crippen LogP) is 3.68. The zero-order chi connectivity index (χ0) is 18.7. The van der Waals surface area contributed by atoms with Gasteiger partial charge in [-0.3, -0.25) is 14.8 Å². The third-order valence-electron chi connectivity index (χ3n) is 4.30. The Morgan fingerprint density at radius 2 is 1.65 bits per heavy atom. The first-order valence-corrected chi connectivity index (χ1v) is 8.32. The molecule has 1 aromatic heterocycles. The Bertz CT molecular complexity index is 928. The van der Waals surface area contributed by atoms with Crippen LogP contribution in [-0.4, -0.2) is 17.0 Å². The predicted molar refractivity (Wildman–Crippen MR) is 97.0 cm³/mol. The second-order valence-corrected chi connectivity index (χ2v) is 6.43. The van der Waals surface area contributed by atoms with Gasteiger partial charge in [0.2, 0.25) is 0 Å². The lowest BCUT2D eigenvalue weighted by molar-refractivity contribution is 0.0706. The Balaban J connectivity index is 1.81. The second-order valence-electron chi connectivity index (χ2n) is 6.43. The molecular formula is C20H20N2O4. The first kappa shape index (κ1) is 17.7. The van der Waals surface area contributed by atoms with E-state index in [1.54, 1.807) is 54.2 Å². The van der Waals surface area contributed by atoms with Gasteiger partial charge in [0.1, 0.15) is 5.58 Å². The molecule has 134 valence electrons. The van der Waals surface area contributed by atoms with Crippen LogP contribution >= 0.6 is 0 Å². The lowest BCUT2D eigenvalue weighted by Gasteiger charge is -2.23. The topological polar surface area (TPSA) is 91.6 Å². The van der Waals surface area contributed by atoms with Crippen LogP contribution in [0.1, 0.15) is 46.2 Å². The van der Waals surface area contributed by atoms with E-state index in [4.69, 9.17) is 9.62 Å². The molecule has 0 spiro atoms. The minimum absolute atomic E-state index is 0.147. The zero-order valence-corrected chi connectivity index (χ0v) is 14.5. The normalized spacial score (nSPS) is 12.2. The van der Waals surface area contributed by atoms with E-state index in [1.807, 2.05) is 19.9 Å². The van der Waals surface area contributed by atoms with Crippen LogP contribution in [-0.2, 0) is 0 Å². The van der Waals surface area contributed by atoms with Crippen molar-refractivity contribution in [2.45, 2.75) is 19.9 Å². The molecule has 3 aromatic rings. The van der Waals surface area contributed by atoms with Gasteiger partial charge in [-0.2, -0.15) is 0 Å². The van der Waals surface area contributed by atoms with Gasteiger partial charge in [0.25, 0.3) is 11.8 Å². The molecule has 6 nitrogen and oxygen atoms in total. The number of amides is 2. The largest absolute Gasteiger partial charge is 0.464 e. The molecule has 1 unspecified atom stereocenters. The minimum atomic E-state index is -0.574. The van der Waals surface area contributed by atoms with Crippen LogP contribution in [0.5, 0.6) is 0 Å². The van der Waals surface area contributed by atoms with E-state index in [-0.39, 0.29) is 17.9 Å². The zero-order valence-electron chi connectivity index (χ0n) is 14.5. The maximum absolute atomic E-state index is 12.7. The number of rotatable bonds is 5. The van der Waals surface area contributed by atoms with Crippen molar-refractivity contribution in [3.05, 3.63) is 71.5 Å². The number of carbonyl (C=O) groups excluding carboxylic acids is 2. The summed E-state index contributed by atoms with van der Waals surface area (Å²) in [7, 11) is 0. The van der Waals surface area contributed by atoms with Crippen LogP contribution in [0.2, 0.25) is 0 Å². The number of nitrogens with one attached hydrogen (secondary N) is 2. The van der Waals surface area contributed by atoms with Crippen LogP contribution in [0.25, 0.3) is 11.0 Å². The van der Waals surface area contributed by atoms with Gasteiger partial charge in [0, 0.05) is 16.5 Å². The smallest absolute Gasteiger partial charge is 0.274 e. The molecule has 26 heavy (non-hydrogen) atoms. The average molecular weight is 352 g/mol. The lowest BCUT2D eigenvalue weighted by atomic mass is 9.94. The molecule has 0 fully saturated rings. The highest BCUT2D eigenvalue weighted by molar-refractivity contribution is 5.98. The van der Waals surface area contributed by atoms with Crippen molar-refractivity contribution < 1.29 is 19.2 Å². The highest BCUT2D eigenvalue weighted by Gasteiger charge is 2.20. The number of furan rings is 1. The summed E-state index contributed by atoms with van der Waals surface area (Å²) in [4.78, 5) is 24.1. The lowest BCUT2D eigenvalue weighted by Crippen LogP contribution is -2.31. The summed E-state index contributed by atoms with van der Waals surface area (Å²) in [5.41, 5.74) is 4.12. The molecule has 3 N–H and O–H groups in total. The molecule has 0 aliphatic heterocycles.